The average molecular weight is 436 g/mol. The summed E-state index contributed by atoms with van der Waals surface area (Å²) in [6, 6.07) is 16.8. The maximum atomic E-state index is 13.0. The van der Waals surface area contributed by atoms with Crippen molar-refractivity contribution in [1.82, 2.24) is 24.7 Å². The lowest BCUT2D eigenvalue weighted by Crippen LogP contribution is -2.48. The van der Waals surface area contributed by atoms with Crippen LogP contribution in [0.3, 0.4) is 0 Å². The smallest absolute Gasteiger partial charge is 0.221 e. The summed E-state index contributed by atoms with van der Waals surface area (Å²) in [7, 11) is 0. The van der Waals surface area contributed by atoms with Crippen LogP contribution in [0.4, 0.5) is 4.39 Å². The highest BCUT2D eigenvalue weighted by molar-refractivity contribution is 5.75. The molecule has 4 rings (SSSR count). The summed E-state index contributed by atoms with van der Waals surface area (Å²) >= 11 is 0. The number of aromatic nitrogens is 2. The van der Waals surface area contributed by atoms with E-state index in [1.165, 1.54) is 12.1 Å². The van der Waals surface area contributed by atoms with Crippen LogP contribution in [-0.4, -0.2) is 64.5 Å². The lowest BCUT2D eigenvalue weighted by atomic mass is 10.2. The van der Waals surface area contributed by atoms with Crippen molar-refractivity contribution < 1.29 is 9.18 Å². The standard InChI is InChI=1S/C25H30FN5O/c26-23-8-6-21(7-9-23)18-30-16-14-29(15-17-30)13-11-27-25(32)10-12-31-19-24(28-20-31)22-4-2-1-3-5-22/h1-9,19-20H,10-18H2,(H,27,32). The molecule has 0 bridgehead atoms. The van der Waals surface area contributed by atoms with Crippen molar-refractivity contribution in [3.63, 3.8) is 0 Å². The number of aryl methyl sites for hydroxylation is 1. The Morgan fingerprint density at radius 3 is 2.41 bits per heavy atom. The SMILES string of the molecule is O=C(CCn1cnc(-c2ccccc2)c1)NCCN1CCN(Cc2ccc(F)cc2)CC1. The van der Waals surface area contributed by atoms with Gasteiger partial charge < -0.3 is 9.88 Å². The van der Waals surface area contributed by atoms with Crippen LogP contribution in [0, 0.1) is 5.82 Å². The van der Waals surface area contributed by atoms with E-state index in [9.17, 15) is 9.18 Å². The van der Waals surface area contributed by atoms with Crippen LogP contribution < -0.4 is 5.32 Å². The molecule has 0 unspecified atom stereocenters. The zero-order chi connectivity index (χ0) is 22.2. The normalized spacial score (nSPS) is 15.0. The number of carbonyl (C=O) groups is 1. The second-order valence-electron chi connectivity index (χ2n) is 8.21. The van der Waals surface area contributed by atoms with Crippen molar-refractivity contribution in [2.24, 2.45) is 0 Å². The average Bonchev–Trinajstić information content (AvgIpc) is 3.30. The first kappa shape index (κ1) is 22.2. The highest BCUT2D eigenvalue weighted by atomic mass is 19.1. The van der Waals surface area contributed by atoms with Gasteiger partial charge in [0.1, 0.15) is 5.82 Å². The molecule has 1 saturated heterocycles. The van der Waals surface area contributed by atoms with Gasteiger partial charge in [0.25, 0.3) is 0 Å². The van der Waals surface area contributed by atoms with Crippen molar-refractivity contribution in [3.8, 4) is 11.3 Å². The largest absolute Gasteiger partial charge is 0.355 e. The number of imidazole rings is 1. The zero-order valence-corrected chi connectivity index (χ0v) is 18.3. The van der Waals surface area contributed by atoms with Gasteiger partial charge in [0, 0.05) is 70.5 Å². The van der Waals surface area contributed by atoms with Gasteiger partial charge >= 0.3 is 0 Å². The van der Waals surface area contributed by atoms with E-state index >= 15 is 0 Å². The molecule has 1 aromatic heterocycles. The minimum atomic E-state index is -0.192. The second kappa shape index (κ2) is 11.0. The number of halogens is 1. The predicted octanol–water partition coefficient (Wildman–Crippen LogP) is 3.01. The molecule has 1 aliphatic rings. The lowest BCUT2D eigenvalue weighted by molar-refractivity contribution is -0.121. The summed E-state index contributed by atoms with van der Waals surface area (Å²) in [5.74, 6) is -0.127. The molecular weight excluding hydrogens is 405 g/mol. The number of hydrogen-bond donors (Lipinski definition) is 1. The first-order valence-electron chi connectivity index (χ1n) is 11.2. The van der Waals surface area contributed by atoms with Crippen LogP contribution in [0.1, 0.15) is 12.0 Å². The molecule has 6 nitrogen and oxygen atoms in total. The molecule has 1 N–H and O–H groups in total. The van der Waals surface area contributed by atoms with Gasteiger partial charge in [-0.3, -0.25) is 14.6 Å². The van der Waals surface area contributed by atoms with E-state index < -0.39 is 0 Å². The van der Waals surface area contributed by atoms with E-state index in [-0.39, 0.29) is 11.7 Å². The van der Waals surface area contributed by atoms with E-state index in [1.54, 1.807) is 6.33 Å². The predicted molar refractivity (Wildman–Crippen MR) is 123 cm³/mol. The topological polar surface area (TPSA) is 53.4 Å². The van der Waals surface area contributed by atoms with E-state index in [1.807, 2.05) is 53.2 Å². The van der Waals surface area contributed by atoms with Gasteiger partial charge in [-0.15, -0.1) is 0 Å². The number of nitrogens with zero attached hydrogens (tertiary/aromatic N) is 4. The first-order chi connectivity index (χ1) is 15.7. The molecule has 1 aliphatic heterocycles. The molecule has 3 aromatic rings. The van der Waals surface area contributed by atoms with Crippen LogP contribution in [-0.2, 0) is 17.9 Å². The third-order valence-electron chi connectivity index (χ3n) is 5.83. The minimum Gasteiger partial charge on any atom is -0.355 e. The third kappa shape index (κ3) is 6.48. The summed E-state index contributed by atoms with van der Waals surface area (Å²) < 4.78 is 15.0. The highest BCUT2D eigenvalue weighted by Crippen LogP contribution is 2.16. The van der Waals surface area contributed by atoms with E-state index in [0.29, 0.717) is 19.5 Å². The highest BCUT2D eigenvalue weighted by Gasteiger charge is 2.17. The molecule has 168 valence electrons. The monoisotopic (exact) mass is 435 g/mol. The Hall–Kier alpha value is -3.03. The maximum absolute atomic E-state index is 13.0. The number of amides is 1. The molecule has 2 heterocycles. The van der Waals surface area contributed by atoms with Gasteiger partial charge in [-0.25, -0.2) is 9.37 Å². The number of hydrogen-bond acceptors (Lipinski definition) is 4. The van der Waals surface area contributed by atoms with E-state index in [0.717, 1.165) is 56.1 Å². The molecule has 0 aliphatic carbocycles. The van der Waals surface area contributed by atoms with Crippen LogP contribution in [0.25, 0.3) is 11.3 Å². The summed E-state index contributed by atoms with van der Waals surface area (Å²) in [5.41, 5.74) is 3.14. The van der Waals surface area contributed by atoms with Crippen molar-refractivity contribution in [1.29, 1.82) is 0 Å². The number of benzene rings is 2. The second-order valence-corrected chi connectivity index (χ2v) is 8.21. The van der Waals surface area contributed by atoms with Gasteiger partial charge in [-0.2, -0.15) is 0 Å². The molecule has 0 saturated carbocycles. The summed E-state index contributed by atoms with van der Waals surface area (Å²) in [6.45, 7) is 6.92. The molecule has 0 atom stereocenters. The Morgan fingerprint density at radius 1 is 0.938 bits per heavy atom. The lowest BCUT2D eigenvalue weighted by Gasteiger charge is -2.34. The first-order valence-corrected chi connectivity index (χ1v) is 11.2. The number of piperazine rings is 1. The molecule has 0 radical (unpaired) electrons. The fraction of sp³-hybridized carbons (Fsp3) is 0.360. The Bertz CT molecular complexity index is 981. The van der Waals surface area contributed by atoms with Gasteiger partial charge in [-0.1, -0.05) is 42.5 Å². The third-order valence-corrected chi connectivity index (χ3v) is 5.83. The summed E-state index contributed by atoms with van der Waals surface area (Å²) in [4.78, 5) is 21.4. The van der Waals surface area contributed by atoms with Crippen molar-refractivity contribution in [3.05, 3.63) is 78.5 Å². The molecule has 32 heavy (non-hydrogen) atoms. The molecular formula is C25H30FN5O. The Balaban J connectivity index is 1.10. The van der Waals surface area contributed by atoms with Crippen LogP contribution >= 0.6 is 0 Å². The van der Waals surface area contributed by atoms with E-state index in [2.05, 4.69) is 20.1 Å². The van der Waals surface area contributed by atoms with Gasteiger partial charge in [0.2, 0.25) is 5.91 Å². The van der Waals surface area contributed by atoms with Gasteiger partial charge in [0.05, 0.1) is 12.0 Å². The number of rotatable bonds is 9. The van der Waals surface area contributed by atoms with Gasteiger partial charge in [-0.05, 0) is 17.7 Å². The fourth-order valence-corrected chi connectivity index (χ4v) is 3.93. The van der Waals surface area contributed by atoms with Crippen LogP contribution in [0.2, 0.25) is 0 Å². The van der Waals surface area contributed by atoms with E-state index in [4.69, 9.17) is 0 Å². The summed E-state index contributed by atoms with van der Waals surface area (Å²) in [5, 5.41) is 3.03. The fourth-order valence-electron chi connectivity index (χ4n) is 3.93. The molecule has 2 aromatic carbocycles. The zero-order valence-electron chi connectivity index (χ0n) is 18.3. The molecule has 7 heteroatoms. The molecule has 1 fully saturated rings. The summed E-state index contributed by atoms with van der Waals surface area (Å²) in [6.07, 6.45) is 4.20. The Kier molecular flexibility index (Phi) is 7.64. The Labute approximate surface area is 188 Å². The van der Waals surface area contributed by atoms with Crippen molar-refractivity contribution >= 4 is 5.91 Å². The maximum Gasteiger partial charge on any atom is 0.221 e. The molecule has 0 spiro atoms. The van der Waals surface area contributed by atoms with Crippen LogP contribution in [0.5, 0.6) is 0 Å². The number of nitrogens with one attached hydrogen (secondary N) is 1. The van der Waals surface area contributed by atoms with Crippen LogP contribution in [0.15, 0.2) is 67.1 Å². The Morgan fingerprint density at radius 2 is 1.66 bits per heavy atom. The molecule has 1 amide bonds. The number of carbonyl (C=O) groups excluding carboxylic acids is 1. The van der Waals surface area contributed by atoms with Crippen molar-refractivity contribution in [2.75, 3.05) is 39.3 Å². The van der Waals surface area contributed by atoms with Gasteiger partial charge in [0.15, 0.2) is 0 Å². The quantitative estimate of drug-likeness (QED) is 0.562. The van der Waals surface area contributed by atoms with Crippen molar-refractivity contribution in [2.45, 2.75) is 19.5 Å². The minimum absolute atomic E-state index is 0.0647.